The minimum Gasteiger partial charge on any atom is -0.333 e. The topological polar surface area (TPSA) is 57.7 Å². The van der Waals surface area contributed by atoms with Crippen molar-refractivity contribution >= 4 is 15.9 Å². The number of benzene rings is 1. The van der Waals surface area contributed by atoms with Crippen molar-refractivity contribution in [1.82, 2.24) is 9.21 Å². The minimum atomic E-state index is -4.48. The molecule has 30 heavy (non-hydrogen) atoms. The predicted molar refractivity (Wildman–Crippen MR) is 109 cm³/mol. The van der Waals surface area contributed by atoms with Crippen LogP contribution in [0.15, 0.2) is 23.1 Å². The molecular weight excluding hydrogens is 417 g/mol. The Kier molecular flexibility index (Phi) is 7.29. The molecule has 1 aliphatic rings. The van der Waals surface area contributed by atoms with Gasteiger partial charge >= 0.3 is 6.18 Å². The van der Waals surface area contributed by atoms with Gasteiger partial charge in [-0.1, -0.05) is 26.8 Å². The average Bonchev–Trinajstić information content (AvgIpc) is 2.60. The van der Waals surface area contributed by atoms with Crippen molar-refractivity contribution in [2.45, 2.75) is 58.5 Å². The Morgan fingerprint density at radius 2 is 1.63 bits per heavy atom. The van der Waals surface area contributed by atoms with E-state index in [0.717, 1.165) is 16.0 Å². The molecule has 0 bridgehead atoms. The SMILES string of the molecule is Cc1ccc(S(=O)(=O)N2CCC(C(=O)N(CC(C)(C)C)CC(F)(F)F)CC2)cc1C. The van der Waals surface area contributed by atoms with Crippen LogP contribution >= 0.6 is 0 Å². The first-order chi connectivity index (χ1) is 13.6. The van der Waals surface area contributed by atoms with Gasteiger partial charge in [-0.25, -0.2) is 8.42 Å². The van der Waals surface area contributed by atoms with E-state index in [1.54, 1.807) is 39.0 Å². The van der Waals surface area contributed by atoms with Crippen molar-refractivity contribution in [2.75, 3.05) is 26.2 Å². The molecule has 0 atom stereocenters. The molecule has 0 saturated carbocycles. The molecule has 170 valence electrons. The number of rotatable bonds is 5. The van der Waals surface area contributed by atoms with E-state index in [1.807, 2.05) is 13.8 Å². The van der Waals surface area contributed by atoms with Crippen LogP contribution in [0.25, 0.3) is 0 Å². The fourth-order valence-electron chi connectivity index (χ4n) is 3.63. The molecular formula is C21H31F3N2O3S. The highest BCUT2D eigenvalue weighted by atomic mass is 32.2. The number of hydrogen-bond donors (Lipinski definition) is 0. The molecule has 0 radical (unpaired) electrons. The zero-order valence-corrected chi connectivity index (χ0v) is 19.0. The Morgan fingerprint density at radius 1 is 1.07 bits per heavy atom. The second-order valence-corrected chi connectivity index (χ2v) is 11.2. The van der Waals surface area contributed by atoms with E-state index in [4.69, 9.17) is 0 Å². The predicted octanol–water partition coefficient (Wildman–Crippen LogP) is 4.14. The van der Waals surface area contributed by atoms with E-state index >= 15 is 0 Å². The lowest BCUT2D eigenvalue weighted by atomic mass is 9.92. The molecule has 1 fully saturated rings. The van der Waals surface area contributed by atoms with Crippen LogP contribution in [0.5, 0.6) is 0 Å². The highest BCUT2D eigenvalue weighted by Crippen LogP contribution is 2.29. The van der Waals surface area contributed by atoms with Gasteiger partial charge in [-0.2, -0.15) is 17.5 Å². The van der Waals surface area contributed by atoms with Crippen molar-refractivity contribution in [3.8, 4) is 0 Å². The van der Waals surface area contributed by atoms with Gasteiger partial charge in [0, 0.05) is 25.6 Å². The molecule has 9 heteroatoms. The smallest absolute Gasteiger partial charge is 0.333 e. The Hall–Kier alpha value is -1.61. The van der Waals surface area contributed by atoms with E-state index in [9.17, 15) is 26.4 Å². The van der Waals surface area contributed by atoms with Crippen molar-refractivity contribution < 1.29 is 26.4 Å². The number of sulfonamides is 1. The fourth-order valence-corrected chi connectivity index (χ4v) is 5.18. The maximum Gasteiger partial charge on any atom is 0.406 e. The quantitative estimate of drug-likeness (QED) is 0.680. The normalized spacial score (nSPS) is 17.2. The van der Waals surface area contributed by atoms with Gasteiger partial charge in [0.1, 0.15) is 6.54 Å². The molecule has 0 aromatic heterocycles. The number of nitrogens with zero attached hydrogens (tertiary/aromatic N) is 2. The molecule has 1 aromatic carbocycles. The van der Waals surface area contributed by atoms with Crippen LogP contribution in [0.2, 0.25) is 0 Å². The number of aryl methyl sites for hydroxylation is 2. The standard InChI is InChI=1S/C21H31F3N2O3S/c1-15-6-7-18(12-16(15)2)30(28,29)26-10-8-17(9-11-26)19(27)25(13-20(3,4)5)14-21(22,23)24/h6-7,12,17H,8-11,13-14H2,1-5H3. The molecule has 1 aliphatic heterocycles. The number of alkyl halides is 3. The molecule has 1 aromatic rings. The maximum atomic E-state index is 13.0. The molecule has 1 heterocycles. The second-order valence-electron chi connectivity index (χ2n) is 9.29. The zero-order valence-electron chi connectivity index (χ0n) is 18.2. The fraction of sp³-hybridized carbons (Fsp3) is 0.667. The third kappa shape index (κ3) is 6.44. The van der Waals surface area contributed by atoms with E-state index in [-0.39, 0.29) is 37.4 Å². The summed E-state index contributed by atoms with van der Waals surface area (Å²) in [5, 5.41) is 0. The summed E-state index contributed by atoms with van der Waals surface area (Å²) in [6.45, 7) is 8.00. The van der Waals surface area contributed by atoms with Gasteiger partial charge in [0.05, 0.1) is 4.90 Å². The summed E-state index contributed by atoms with van der Waals surface area (Å²) in [6.07, 6.45) is -4.06. The van der Waals surface area contributed by atoms with Gasteiger partial charge in [-0.15, -0.1) is 0 Å². The van der Waals surface area contributed by atoms with Crippen LogP contribution in [-0.4, -0.2) is 55.9 Å². The summed E-state index contributed by atoms with van der Waals surface area (Å²) in [5.74, 6) is -1.16. The van der Waals surface area contributed by atoms with Crippen LogP contribution in [0.1, 0.15) is 44.7 Å². The lowest BCUT2D eigenvalue weighted by Crippen LogP contribution is -2.49. The first kappa shape index (κ1) is 24.7. The molecule has 0 spiro atoms. The average molecular weight is 449 g/mol. The van der Waals surface area contributed by atoms with E-state index < -0.39 is 40.0 Å². The molecule has 1 amide bonds. The first-order valence-corrected chi connectivity index (χ1v) is 11.5. The Balaban J connectivity index is 2.10. The summed E-state index contributed by atoms with van der Waals surface area (Å²) < 4.78 is 66.1. The minimum absolute atomic E-state index is 0.00744. The number of hydrogen-bond acceptors (Lipinski definition) is 3. The summed E-state index contributed by atoms with van der Waals surface area (Å²) in [5.41, 5.74) is 1.38. The lowest BCUT2D eigenvalue weighted by molar-refractivity contribution is -0.166. The molecule has 0 N–H and O–H groups in total. The zero-order chi connectivity index (χ0) is 22.9. The van der Waals surface area contributed by atoms with Crippen LogP contribution in [0.3, 0.4) is 0 Å². The van der Waals surface area contributed by atoms with Gasteiger partial charge < -0.3 is 4.90 Å². The number of halogens is 3. The van der Waals surface area contributed by atoms with Crippen molar-refractivity contribution in [3.05, 3.63) is 29.3 Å². The van der Waals surface area contributed by atoms with E-state index in [2.05, 4.69) is 0 Å². The molecule has 0 unspecified atom stereocenters. The van der Waals surface area contributed by atoms with Gasteiger partial charge in [-0.05, 0) is 55.4 Å². The summed E-state index contributed by atoms with van der Waals surface area (Å²) in [4.78, 5) is 13.9. The Bertz CT molecular complexity index is 852. The second kappa shape index (κ2) is 8.86. The monoisotopic (exact) mass is 448 g/mol. The highest BCUT2D eigenvalue weighted by Gasteiger charge is 2.39. The first-order valence-electron chi connectivity index (χ1n) is 10.0. The summed E-state index contributed by atoms with van der Waals surface area (Å²) >= 11 is 0. The number of piperidine rings is 1. The third-order valence-corrected chi connectivity index (χ3v) is 7.16. The molecule has 1 saturated heterocycles. The van der Waals surface area contributed by atoms with Crippen LogP contribution in [0, 0.1) is 25.2 Å². The van der Waals surface area contributed by atoms with Gasteiger partial charge in [0.15, 0.2) is 0 Å². The number of carbonyl (C=O) groups excluding carboxylic acids is 1. The van der Waals surface area contributed by atoms with Crippen LogP contribution in [0.4, 0.5) is 13.2 Å². The molecule has 0 aliphatic carbocycles. The summed E-state index contributed by atoms with van der Waals surface area (Å²) in [6, 6.07) is 4.93. The van der Waals surface area contributed by atoms with Crippen LogP contribution < -0.4 is 0 Å². The highest BCUT2D eigenvalue weighted by molar-refractivity contribution is 7.89. The van der Waals surface area contributed by atoms with E-state index in [1.165, 1.54) is 4.31 Å². The van der Waals surface area contributed by atoms with Crippen LogP contribution in [-0.2, 0) is 14.8 Å². The number of carbonyl (C=O) groups is 1. The Morgan fingerprint density at radius 3 is 2.10 bits per heavy atom. The van der Waals surface area contributed by atoms with Crippen molar-refractivity contribution in [3.63, 3.8) is 0 Å². The molecule has 5 nitrogen and oxygen atoms in total. The van der Waals surface area contributed by atoms with Crippen molar-refractivity contribution in [1.29, 1.82) is 0 Å². The Labute approximate surface area is 177 Å². The summed E-state index contributed by atoms with van der Waals surface area (Å²) in [7, 11) is -3.70. The maximum absolute atomic E-state index is 13.0. The largest absolute Gasteiger partial charge is 0.406 e. The molecule has 2 rings (SSSR count). The van der Waals surface area contributed by atoms with Crippen molar-refractivity contribution in [2.24, 2.45) is 11.3 Å². The van der Waals surface area contributed by atoms with Gasteiger partial charge in [0.25, 0.3) is 0 Å². The lowest BCUT2D eigenvalue weighted by Gasteiger charge is -2.36. The van der Waals surface area contributed by atoms with Gasteiger partial charge in [-0.3, -0.25) is 4.79 Å². The van der Waals surface area contributed by atoms with E-state index in [0.29, 0.717) is 0 Å². The third-order valence-electron chi connectivity index (χ3n) is 5.27. The van der Waals surface area contributed by atoms with Gasteiger partial charge in [0.2, 0.25) is 15.9 Å². The number of amides is 1.